The fourth-order valence-corrected chi connectivity index (χ4v) is 4.15. The van der Waals surface area contributed by atoms with Gasteiger partial charge in [0.15, 0.2) is 0 Å². The van der Waals surface area contributed by atoms with Crippen molar-refractivity contribution in [1.29, 1.82) is 0 Å². The number of anilines is 2. The summed E-state index contributed by atoms with van der Waals surface area (Å²) in [6, 6.07) is 19.4. The van der Waals surface area contributed by atoms with Gasteiger partial charge in [0.2, 0.25) is 5.91 Å². The van der Waals surface area contributed by atoms with E-state index in [9.17, 15) is 9.59 Å². The van der Waals surface area contributed by atoms with E-state index in [1.807, 2.05) is 43.3 Å². The molecule has 0 heterocycles. The van der Waals surface area contributed by atoms with E-state index < -0.39 is 0 Å². The molecule has 2 N–H and O–H groups in total. The summed E-state index contributed by atoms with van der Waals surface area (Å²) >= 11 is 16.7. The molecule has 0 bridgehead atoms. The average Bonchev–Trinajstić information content (AvgIpc) is 2.71. The van der Waals surface area contributed by atoms with Crippen LogP contribution < -0.4 is 10.6 Å². The van der Waals surface area contributed by atoms with Gasteiger partial charge in [-0.3, -0.25) is 9.59 Å². The van der Waals surface area contributed by atoms with Gasteiger partial charge in [-0.05, 0) is 73.7 Å². The second-order valence-corrected chi connectivity index (χ2v) is 9.53. The molecule has 0 saturated carbocycles. The van der Waals surface area contributed by atoms with Crippen LogP contribution in [0, 0.1) is 0 Å². The van der Waals surface area contributed by atoms with Crippen LogP contribution in [-0.2, 0) is 4.79 Å². The van der Waals surface area contributed by atoms with Crippen LogP contribution in [0.5, 0.6) is 0 Å². The number of amides is 2. The number of carbonyl (C=O) groups excluding carboxylic acids is 2. The summed E-state index contributed by atoms with van der Waals surface area (Å²) in [6.45, 7) is 1.84. The normalized spacial score (nSPS) is 11.6. The molecule has 0 fully saturated rings. The summed E-state index contributed by atoms with van der Waals surface area (Å²) in [7, 11) is 0. The van der Waals surface area contributed by atoms with E-state index in [4.69, 9.17) is 23.2 Å². The van der Waals surface area contributed by atoms with Crippen LogP contribution in [-0.4, -0.2) is 17.1 Å². The topological polar surface area (TPSA) is 58.2 Å². The number of benzene rings is 3. The molecule has 3 rings (SSSR count). The molecule has 0 aliphatic rings. The van der Waals surface area contributed by atoms with Crippen LogP contribution in [0.25, 0.3) is 0 Å². The Hall–Kier alpha value is -1.99. The Balaban J connectivity index is 1.57. The van der Waals surface area contributed by atoms with Gasteiger partial charge in [0.1, 0.15) is 0 Å². The third-order valence-electron chi connectivity index (χ3n) is 4.08. The molecule has 0 aliphatic carbocycles. The van der Waals surface area contributed by atoms with Crippen molar-refractivity contribution in [2.45, 2.75) is 17.1 Å². The Morgan fingerprint density at radius 1 is 0.900 bits per heavy atom. The van der Waals surface area contributed by atoms with Gasteiger partial charge in [-0.2, -0.15) is 0 Å². The number of thioether (sulfide) groups is 1. The maximum absolute atomic E-state index is 12.4. The van der Waals surface area contributed by atoms with Gasteiger partial charge < -0.3 is 10.6 Å². The summed E-state index contributed by atoms with van der Waals surface area (Å²) in [4.78, 5) is 25.7. The first kappa shape index (κ1) is 22.7. The van der Waals surface area contributed by atoms with E-state index in [2.05, 4.69) is 26.6 Å². The molecule has 30 heavy (non-hydrogen) atoms. The Bertz CT molecular complexity index is 1060. The van der Waals surface area contributed by atoms with E-state index in [1.165, 1.54) is 17.8 Å². The van der Waals surface area contributed by atoms with Crippen LogP contribution in [0.1, 0.15) is 17.3 Å². The first-order chi connectivity index (χ1) is 14.3. The molecule has 0 spiro atoms. The van der Waals surface area contributed by atoms with Crippen LogP contribution in [0.15, 0.2) is 76.1 Å². The molecule has 1 unspecified atom stereocenters. The highest BCUT2D eigenvalue weighted by atomic mass is 79.9. The van der Waals surface area contributed by atoms with Crippen molar-refractivity contribution >= 4 is 74.1 Å². The lowest BCUT2D eigenvalue weighted by molar-refractivity contribution is -0.115. The van der Waals surface area contributed by atoms with Crippen molar-refractivity contribution in [2.75, 3.05) is 10.6 Å². The van der Waals surface area contributed by atoms with Crippen molar-refractivity contribution in [3.8, 4) is 0 Å². The number of carbonyl (C=O) groups is 2. The van der Waals surface area contributed by atoms with Gasteiger partial charge in [-0.25, -0.2) is 0 Å². The summed E-state index contributed by atoms with van der Waals surface area (Å²) in [5.74, 6) is -0.406. The lowest BCUT2D eigenvalue weighted by atomic mass is 10.2. The van der Waals surface area contributed by atoms with Crippen LogP contribution >= 0.6 is 50.9 Å². The van der Waals surface area contributed by atoms with Crippen molar-refractivity contribution in [1.82, 2.24) is 0 Å². The summed E-state index contributed by atoms with van der Waals surface area (Å²) in [5.41, 5.74) is 1.72. The smallest absolute Gasteiger partial charge is 0.257 e. The zero-order valence-electron chi connectivity index (χ0n) is 15.8. The molecule has 2 amide bonds. The first-order valence-electron chi connectivity index (χ1n) is 8.91. The Kier molecular flexibility index (Phi) is 7.83. The molecule has 0 saturated heterocycles. The molecular weight excluding hydrogens is 507 g/mol. The predicted octanol–water partition coefficient (Wildman–Crippen LogP) is 7.13. The van der Waals surface area contributed by atoms with Crippen LogP contribution in [0.4, 0.5) is 11.4 Å². The van der Waals surface area contributed by atoms with Gasteiger partial charge in [0.05, 0.1) is 15.8 Å². The SMILES string of the molecule is CC(Sc1ccc(NC(=O)c2ccc(Cl)cc2Cl)cc1)C(=O)Nc1ccc(Br)cc1. The number of rotatable bonds is 6. The average molecular weight is 524 g/mol. The molecule has 4 nitrogen and oxygen atoms in total. The lowest BCUT2D eigenvalue weighted by Crippen LogP contribution is -2.22. The molecule has 1 atom stereocenters. The van der Waals surface area contributed by atoms with Crippen LogP contribution in [0.3, 0.4) is 0 Å². The zero-order chi connectivity index (χ0) is 21.7. The number of hydrogen-bond donors (Lipinski definition) is 2. The summed E-state index contributed by atoms with van der Waals surface area (Å²) in [6.07, 6.45) is 0. The van der Waals surface area contributed by atoms with Gasteiger partial charge in [0, 0.05) is 25.8 Å². The van der Waals surface area contributed by atoms with E-state index in [0.717, 1.165) is 15.1 Å². The van der Waals surface area contributed by atoms with E-state index in [0.29, 0.717) is 16.3 Å². The zero-order valence-corrected chi connectivity index (χ0v) is 19.7. The van der Waals surface area contributed by atoms with Crippen LogP contribution in [0.2, 0.25) is 10.0 Å². The quantitative estimate of drug-likeness (QED) is 0.338. The number of halogens is 3. The minimum atomic E-state index is -0.320. The first-order valence-corrected chi connectivity index (χ1v) is 11.3. The Morgan fingerprint density at radius 2 is 1.50 bits per heavy atom. The highest BCUT2D eigenvalue weighted by Crippen LogP contribution is 2.27. The third kappa shape index (κ3) is 6.25. The van der Waals surface area contributed by atoms with E-state index >= 15 is 0 Å². The van der Waals surface area contributed by atoms with Gasteiger partial charge in [0.25, 0.3) is 5.91 Å². The monoisotopic (exact) mass is 522 g/mol. The molecule has 0 aliphatic heterocycles. The molecule has 8 heteroatoms. The highest BCUT2D eigenvalue weighted by Gasteiger charge is 2.15. The maximum Gasteiger partial charge on any atom is 0.257 e. The molecule has 0 radical (unpaired) electrons. The fourth-order valence-electron chi connectivity index (χ4n) is 2.52. The van der Waals surface area contributed by atoms with Crippen molar-refractivity contribution in [2.24, 2.45) is 0 Å². The number of hydrogen-bond acceptors (Lipinski definition) is 3. The standard InChI is InChI=1S/C22H17BrCl2N2O2S/c1-13(21(28)26-16-5-2-14(23)3-6-16)30-18-9-7-17(8-10-18)27-22(29)19-11-4-15(24)12-20(19)25/h2-13H,1H3,(H,26,28)(H,27,29). The summed E-state index contributed by atoms with van der Waals surface area (Å²) < 4.78 is 0.952. The fraction of sp³-hybridized carbons (Fsp3) is 0.0909. The molecule has 154 valence electrons. The second-order valence-electron chi connectivity index (χ2n) is 6.36. The molecule has 3 aromatic carbocycles. The number of nitrogens with one attached hydrogen (secondary N) is 2. The molecular formula is C22H17BrCl2N2O2S. The largest absolute Gasteiger partial charge is 0.325 e. The Labute approximate surface area is 197 Å². The second kappa shape index (κ2) is 10.4. The lowest BCUT2D eigenvalue weighted by Gasteiger charge is -2.13. The van der Waals surface area contributed by atoms with E-state index in [1.54, 1.807) is 24.3 Å². The van der Waals surface area contributed by atoms with E-state index in [-0.39, 0.29) is 22.1 Å². The Morgan fingerprint density at radius 3 is 2.13 bits per heavy atom. The molecule has 3 aromatic rings. The van der Waals surface area contributed by atoms with Crippen molar-refractivity contribution < 1.29 is 9.59 Å². The third-order valence-corrected chi connectivity index (χ3v) is 6.27. The van der Waals surface area contributed by atoms with Crippen molar-refractivity contribution in [3.63, 3.8) is 0 Å². The highest BCUT2D eigenvalue weighted by molar-refractivity contribution is 9.10. The van der Waals surface area contributed by atoms with Gasteiger partial charge in [-0.15, -0.1) is 11.8 Å². The minimum absolute atomic E-state index is 0.0860. The van der Waals surface area contributed by atoms with Crippen molar-refractivity contribution in [3.05, 3.63) is 86.8 Å². The summed E-state index contributed by atoms with van der Waals surface area (Å²) in [5, 5.41) is 6.16. The minimum Gasteiger partial charge on any atom is -0.325 e. The van der Waals surface area contributed by atoms with Gasteiger partial charge in [-0.1, -0.05) is 39.1 Å². The molecule has 0 aromatic heterocycles. The maximum atomic E-state index is 12.4. The van der Waals surface area contributed by atoms with Gasteiger partial charge >= 0.3 is 0 Å². The predicted molar refractivity (Wildman–Crippen MR) is 129 cm³/mol.